The second-order valence-electron chi connectivity index (χ2n) is 9.42. The molecule has 3 aromatic heterocycles. The topological polar surface area (TPSA) is 71.3 Å². The maximum Gasteiger partial charge on any atom is 0.158 e. The molecule has 7 heteroatoms. The molecule has 0 radical (unpaired) electrons. The molecule has 7 nitrogen and oxygen atoms in total. The second kappa shape index (κ2) is 7.98. The fourth-order valence-corrected chi connectivity index (χ4v) is 5.65. The van der Waals surface area contributed by atoms with E-state index < -0.39 is 0 Å². The van der Waals surface area contributed by atoms with Gasteiger partial charge in [-0.3, -0.25) is 5.10 Å². The predicted octanol–water partition coefficient (Wildman–Crippen LogP) is 4.25. The summed E-state index contributed by atoms with van der Waals surface area (Å²) in [7, 11) is 0. The Labute approximate surface area is 187 Å². The highest BCUT2D eigenvalue weighted by Gasteiger charge is 2.28. The number of pyridine rings is 1. The summed E-state index contributed by atoms with van der Waals surface area (Å²) in [6, 6.07) is 7.44. The number of H-pyrrole nitrogens is 1. The number of hydrogen-bond acceptors (Lipinski definition) is 5. The van der Waals surface area contributed by atoms with E-state index in [9.17, 15) is 0 Å². The van der Waals surface area contributed by atoms with Gasteiger partial charge in [-0.2, -0.15) is 10.2 Å². The molecule has 0 atom stereocenters. The van der Waals surface area contributed by atoms with Crippen LogP contribution in [0.3, 0.4) is 0 Å². The molecular formula is C25H30N6O. The summed E-state index contributed by atoms with van der Waals surface area (Å²) in [5, 5.41) is 13.7. The third-order valence-electron chi connectivity index (χ3n) is 7.44. The molecule has 0 bridgehead atoms. The van der Waals surface area contributed by atoms with Gasteiger partial charge >= 0.3 is 0 Å². The highest BCUT2D eigenvalue weighted by molar-refractivity contribution is 5.88. The lowest BCUT2D eigenvalue weighted by atomic mass is 9.89. The molecule has 0 saturated carbocycles. The van der Waals surface area contributed by atoms with Crippen LogP contribution in [0.15, 0.2) is 30.7 Å². The van der Waals surface area contributed by atoms with Crippen molar-refractivity contribution in [3.05, 3.63) is 47.5 Å². The zero-order valence-corrected chi connectivity index (χ0v) is 18.8. The van der Waals surface area contributed by atoms with E-state index in [1.54, 1.807) is 6.33 Å². The van der Waals surface area contributed by atoms with Gasteiger partial charge in [-0.1, -0.05) is 0 Å². The summed E-state index contributed by atoms with van der Waals surface area (Å²) in [6.07, 6.45) is 8.41. The van der Waals surface area contributed by atoms with E-state index in [4.69, 9.17) is 9.84 Å². The molecule has 0 aliphatic carbocycles. The summed E-state index contributed by atoms with van der Waals surface area (Å²) < 4.78 is 7.40. The Kier molecular flexibility index (Phi) is 4.96. The Morgan fingerprint density at radius 2 is 1.81 bits per heavy atom. The number of likely N-dealkylation sites (tertiary alicyclic amines) is 1. The Morgan fingerprint density at radius 1 is 1.00 bits per heavy atom. The fraction of sp³-hybridized carbons (Fsp3) is 0.480. The summed E-state index contributed by atoms with van der Waals surface area (Å²) in [4.78, 5) is 7.02. The Morgan fingerprint density at radius 3 is 2.62 bits per heavy atom. The molecule has 32 heavy (non-hydrogen) atoms. The van der Waals surface area contributed by atoms with Gasteiger partial charge in [0, 0.05) is 48.0 Å². The molecule has 2 aliphatic rings. The van der Waals surface area contributed by atoms with Crippen LogP contribution in [-0.4, -0.2) is 62.0 Å². The van der Waals surface area contributed by atoms with E-state index in [-0.39, 0.29) is 0 Å². The van der Waals surface area contributed by atoms with Crippen LogP contribution in [0.5, 0.6) is 0 Å². The molecule has 1 aromatic carbocycles. The zero-order valence-electron chi connectivity index (χ0n) is 18.8. The number of nitrogens with one attached hydrogen (secondary N) is 1. The number of nitrogens with zero attached hydrogens (tertiary/aromatic N) is 5. The smallest absolute Gasteiger partial charge is 0.158 e. The van der Waals surface area contributed by atoms with Gasteiger partial charge in [0.05, 0.1) is 5.52 Å². The molecule has 2 saturated heterocycles. The van der Waals surface area contributed by atoms with Gasteiger partial charge in [0.2, 0.25) is 0 Å². The van der Waals surface area contributed by atoms with E-state index in [2.05, 4.69) is 58.3 Å². The fourth-order valence-electron chi connectivity index (χ4n) is 5.65. The van der Waals surface area contributed by atoms with Crippen molar-refractivity contribution in [3.63, 3.8) is 0 Å². The minimum atomic E-state index is 0.551. The van der Waals surface area contributed by atoms with Gasteiger partial charge in [0.15, 0.2) is 5.65 Å². The van der Waals surface area contributed by atoms with Crippen molar-refractivity contribution in [1.82, 2.24) is 29.7 Å². The predicted molar refractivity (Wildman–Crippen MR) is 125 cm³/mol. The number of hydrogen-bond donors (Lipinski definition) is 1. The maximum absolute atomic E-state index is 5.55. The molecule has 0 amide bonds. The molecule has 0 unspecified atom stereocenters. The molecule has 6 rings (SSSR count). The monoisotopic (exact) mass is 430 g/mol. The van der Waals surface area contributed by atoms with Crippen LogP contribution < -0.4 is 0 Å². The van der Waals surface area contributed by atoms with Gasteiger partial charge in [0.25, 0.3) is 0 Å². The van der Waals surface area contributed by atoms with Crippen molar-refractivity contribution in [3.8, 4) is 11.1 Å². The first-order valence-corrected chi connectivity index (χ1v) is 11.8. The minimum Gasteiger partial charge on any atom is -0.381 e. The highest BCUT2D eigenvalue weighted by Crippen LogP contribution is 2.36. The van der Waals surface area contributed by atoms with Gasteiger partial charge < -0.3 is 9.64 Å². The molecule has 1 N–H and O–H groups in total. The number of benzene rings is 1. The molecule has 5 heterocycles. The van der Waals surface area contributed by atoms with Crippen LogP contribution in [0.25, 0.3) is 27.7 Å². The standard InChI is InChI=1S/C25H30N6O/c1-16-12-22-23(13-21(16)19-11-17(2)25-26-15-27-31(25)14-19)28-29-24(22)18-3-7-30(8-4-18)20-5-9-32-10-6-20/h11-15,18,20H,3-10H2,1-2H3,(H,28,29). The molecule has 2 aliphatic heterocycles. The van der Waals surface area contributed by atoms with Crippen molar-refractivity contribution >= 4 is 16.6 Å². The molecule has 2 fully saturated rings. The van der Waals surface area contributed by atoms with Crippen molar-refractivity contribution in [2.24, 2.45) is 0 Å². The Bertz CT molecular complexity index is 1260. The number of rotatable bonds is 3. The van der Waals surface area contributed by atoms with Crippen molar-refractivity contribution < 1.29 is 4.74 Å². The van der Waals surface area contributed by atoms with E-state index in [1.807, 2.05) is 4.52 Å². The normalized spacial score (nSPS) is 19.3. The van der Waals surface area contributed by atoms with E-state index in [1.165, 1.54) is 61.0 Å². The largest absolute Gasteiger partial charge is 0.381 e. The number of piperidine rings is 1. The molecule has 4 aromatic rings. The maximum atomic E-state index is 5.55. The van der Waals surface area contributed by atoms with Crippen LogP contribution in [-0.2, 0) is 4.74 Å². The van der Waals surface area contributed by atoms with Crippen LogP contribution >= 0.6 is 0 Å². The van der Waals surface area contributed by atoms with Gasteiger partial charge in [-0.15, -0.1) is 0 Å². The first-order chi connectivity index (χ1) is 15.7. The molecular weight excluding hydrogens is 400 g/mol. The van der Waals surface area contributed by atoms with Crippen LogP contribution in [0.4, 0.5) is 0 Å². The quantitative estimate of drug-likeness (QED) is 0.526. The first kappa shape index (κ1) is 19.9. The molecule has 0 spiro atoms. The third-order valence-corrected chi connectivity index (χ3v) is 7.44. The third kappa shape index (κ3) is 3.40. The SMILES string of the molecule is Cc1cc2c(C3CCN(C4CCOCC4)CC3)[nH]nc2cc1-c1cc(C)c2ncnn2c1. The van der Waals surface area contributed by atoms with Crippen molar-refractivity contribution in [1.29, 1.82) is 0 Å². The molecule has 166 valence electrons. The van der Waals surface area contributed by atoms with E-state index >= 15 is 0 Å². The van der Waals surface area contributed by atoms with Crippen molar-refractivity contribution in [2.75, 3.05) is 26.3 Å². The lowest BCUT2D eigenvalue weighted by molar-refractivity contribution is 0.0251. The highest BCUT2D eigenvalue weighted by atomic mass is 16.5. The lowest BCUT2D eigenvalue weighted by Crippen LogP contribution is -2.43. The summed E-state index contributed by atoms with van der Waals surface area (Å²) in [6.45, 7) is 8.46. The summed E-state index contributed by atoms with van der Waals surface area (Å²) >= 11 is 0. The van der Waals surface area contributed by atoms with Crippen LogP contribution in [0.1, 0.15) is 48.4 Å². The van der Waals surface area contributed by atoms with Gasteiger partial charge in [-0.05, 0) is 87.5 Å². The van der Waals surface area contributed by atoms with Gasteiger partial charge in [-0.25, -0.2) is 9.50 Å². The zero-order chi connectivity index (χ0) is 21.7. The minimum absolute atomic E-state index is 0.551. The summed E-state index contributed by atoms with van der Waals surface area (Å²) in [5.74, 6) is 0.551. The average Bonchev–Trinajstić information content (AvgIpc) is 3.46. The lowest BCUT2D eigenvalue weighted by Gasteiger charge is -2.39. The van der Waals surface area contributed by atoms with E-state index in [0.29, 0.717) is 12.0 Å². The number of aryl methyl sites for hydroxylation is 2. The van der Waals surface area contributed by atoms with Crippen LogP contribution in [0.2, 0.25) is 0 Å². The average molecular weight is 431 g/mol. The number of aromatic nitrogens is 5. The number of fused-ring (bicyclic) bond motifs is 2. The summed E-state index contributed by atoms with van der Waals surface area (Å²) in [5.41, 5.74) is 7.99. The number of ether oxygens (including phenoxy) is 1. The first-order valence-electron chi connectivity index (χ1n) is 11.8. The Balaban J connectivity index is 1.27. The van der Waals surface area contributed by atoms with E-state index in [0.717, 1.165) is 35.5 Å². The van der Waals surface area contributed by atoms with Crippen molar-refractivity contribution in [2.45, 2.75) is 51.5 Å². The Hall–Kier alpha value is -2.77. The second-order valence-corrected chi connectivity index (χ2v) is 9.42. The van der Waals surface area contributed by atoms with Crippen LogP contribution in [0, 0.1) is 13.8 Å². The number of aromatic amines is 1. The van der Waals surface area contributed by atoms with Gasteiger partial charge in [0.1, 0.15) is 6.33 Å².